The van der Waals surface area contributed by atoms with E-state index in [1.165, 1.54) is 0 Å². The Balaban J connectivity index is 3.21. The second-order valence-electron chi connectivity index (χ2n) is 2.13. The number of hydrogen-bond acceptors (Lipinski definition) is 2. The summed E-state index contributed by atoms with van der Waals surface area (Å²) in [6.45, 7) is 2.36. The SMILES string of the molecule is CC(C#N)CCCN=[N+]=[N-]. The summed E-state index contributed by atoms with van der Waals surface area (Å²) < 4.78 is 0. The van der Waals surface area contributed by atoms with Gasteiger partial charge in [-0.05, 0) is 25.3 Å². The second kappa shape index (κ2) is 5.93. The minimum absolute atomic E-state index is 0.0777. The summed E-state index contributed by atoms with van der Waals surface area (Å²) in [5.41, 5.74) is 7.88. The minimum Gasteiger partial charge on any atom is -0.198 e. The minimum atomic E-state index is 0.0777. The van der Waals surface area contributed by atoms with Crippen LogP contribution in [0.2, 0.25) is 0 Å². The molecule has 0 radical (unpaired) electrons. The van der Waals surface area contributed by atoms with E-state index in [-0.39, 0.29) is 5.92 Å². The molecule has 4 nitrogen and oxygen atoms in total. The standard InChI is InChI=1S/C6H10N4/c1-6(5-7)3-2-4-9-10-8/h6H,2-4H2,1H3. The van der Waals surface area contributed by atoms with Gasteiger partial charge in [-0.25, -0.2) is 0 Å². The number of hydrogen-bond donors (Lipinski definition) is 0. The van der Waals surface area contributed by atoms with Gasteiger partial charge in [0.1, 0.15) is 0 Å². The van der Waals surface area contributed by atoms with Gasteiger partial charge in [0, 0.05) is 17.4 Å². The summed E-state index contributed by atoms with van der Waals surface area (Å²) in [6.07, 6.45) is 1.62. The lowest BCUT2D eigenvalue weighted by atomic mass is 10.1. The van der Waals surface area contributed by atoms with Crippen molar-refractivity contribution < 1.29 is 0 Å². The van der Waals surface area contributed by atoms with Crippen LogP contribution in [0.5, 0.6) is 0 Å². The topological polar surface area (TPSA) is 72.5 Å². The molecule has 0 heterocycles. The average molecular weight is 138 g/mol. The van der Waals surface area contributed by atoms with Crippen LogP contribution in [0.15, 0.2) is 5.11 Å². The monoisotopic (exact) mass is 138 g/mol. The summed E-state index contributed by atoms with van der Waals surface area (Å²) in [7, 11) is 0. The molecule has 4 heteroatoms. The zero-order valence-electron chi connectivity index (χ0n) is 5.99. The highest BCUT2D eigenvalue weighted by Gasteiger charge is 1.96. The third-order valence-electron chi connectivity index (χ3n) is 1.18. The van der Waals surface area contributed by atoms with Crippen molar-refractivity contribution in [2.45, 2.75) is 19.8 Å². The number of azide groups is 1. The van der Waals surface area contributed by atoms with E-state index in [1.807, 2.05) is 6.92 Å². The van der Waals surface area contributed by atoms with Crippen LogP contribution in [0.25, 0.3) is 10.4 Å². The molecule has 0 saturated heterocycles. The molecule has 0 aromatic carbocycles. The summed E-state index contributed by atoms with van der Waals surface area (Å²) in [6, 6.07) is 2.11. The molecule has 0 amide bonds. The van der Waals surface area contributed by atoms with Crippen molar-refractivity contribution in [3.8, 4) is 6.07 Å². The Kier molecular flexibility index (Phi) is 5.22. The lowest BCUT2D eigenvalue weighted by Gasteiger charge is -1.96. The zero-order valence-corrected chi connectivity index (χ0v) is 5.99. The predicted molar refractivity (Wildman–Crippen MR) is 38.0 cm³/mol. The van der Waals surface area contributed by atoms with E-state index in [0.29, 0.717) is 6.54 Å². The fourth-order valence-electron chi connectivity index (χ4n) is 0.577. The van der Waals surface area contributed by atoms with Crippen LogP contribution in [-0.4, -0.2) is 6.54 Å². The van der Waals surface area contributed by atoms with E-state index in [2.05, 4.69) is 16.1 Å². The molecule has 0 bridgehead atoms. The predicted octanol–water partition coefficient (Wildman–Crippen LogP) is 2.24. The normalized spacial score (nSPS) is 11.2. The molecule has 0 spiro atoms. The first-order valence-electron chi connectivity index (χ1n) is 3.21. The molecule has 0 saturated carbocycles. The van der Waals surface area contributed by atoms with Gasteiger partial charge in [0.05, 0.1) is 6.07 Å². The third kappa shape index (κ3) is 4.95. The van der Waals surface area contributed by atoms with Crippen LogP contribution in [0.4, 0.5) is 0 Å². The van der Waals surface area contributed by atoms with Gasteiger partial charge in [0.15, 0.2) is 0 Å². The van der Waals surface area contributed by atoms with E-state index in [9.17, 15) is 0 Å². The van der Waals surface area contributed by atoms with Crippen LogP contribution in [0, 0.1) is 17.2 Å². The second-order valence-corrected chi connectivity index (χ2v) is 2.13. The van der Waals surface area contributed by atoms with Crippen molar-refractivity contribution in [3.63, 3.8) is 0 Å². The Labute approximate surface area is 60.1 Å². The van der Waals surface area contributed by atoms with Crippen molar-refractivity contribution in [1.82, 2.24) is 0 Å². The maximum absolute atomic E-state index is 8.34. The molecule has 54 valence electrons. The first-order chi connectivity index (χ1) is 4.81. The van der Waals surface area contributed by atoms with E-state index < -0.39 is 0 Å². The number of nitriles is 1. The molecule has 0 fully saturated rings. The van der Waals surface area contributed by atoms with Gasteiger partial charge < -0.3 is 0 Å². The summed E-state index contributed by atoms with van der Waals surface area (Å²) >= 11 is 0. The quantitative estimate of drug-likeness (QED) is 0.254. The first-order valence-corrected chi connectivity index (χ1v) is 3.21. The maximum Gasteiger partial charge on any atom is 0.0652 e. The largest absolute Gasteiger partial charge is 0.198 e. The first kappa shape index (κ1) is 8.80. The van der Waals surface area contributed by atoms with Gasteiger partial charge >= 0.3 is 0 Å². The molecule has 1 atom stereocenters. The molecule has 0 aliphatic rings. The van der Waals surface area contributed by atoms with Crippen molar-refractivity contribution in [1.29, 1.82) is 5.26 Å². The summed E-state index contributed by atoms with van der Waals surface area (Å²) in [5, 5.41) is 11.7. The van der Waals surface area contributed by atoms with Gasteiger partial charge in [-0.2, -0.15) is 5.26 Å². The third-order valence-corrected chi connectivity index (χ3v) is 1.18. The fourth-order valence-corrected chi connectivity index (χ4v) is 0.577. The van der Waals surface area contributed by atoms with Crippen LogP contribution in [-0.2, 0) is 0 Å². The highest BCUT2D eigenvalue weighted by Crippen LogP contribution is 2.02. The lowest BCUT2D eigenvalue weighted by molar-refractivity contribution is 0.623. The molecule has 10 heavy (non-hydrogen) atoms. The Morgan fingerprint density at radius 1 is 1.80 bits per heavy atom. The maximum atomic E-state index is 8.34. The van der Waals surface area contributed by atoms with Gasteiger partial charge in [-0.3, -0.25) is 0 Å². The smallest absolute Gasteiger partial charge is 0.0652 e. The van der Waals surface area contributed by atoms with Gasteiger partial charge in [0.2, 0.25) is 0 Å². The molecule has 0 aromatic rings. The molecule has 0 rings (SSSR count). The molecular weight excluding hydrogens is 128 g/mol. The average Bonchev–Trinajstić information content (AvgIpc) is 1.98. The van der Waals surface area contributed by atoms with Crippen LogP contribution in [0.3, 0.4) is 0 Å². The van der Waals surface area contributed by atoms with Gasteiger partial charge in [0.25, 0.3) is 0 Å². The number of rotatable bonds is 4. The Morgan fingerprint density at radius 3 is 3.00 bits per heavy atom. The molecule has 0 aliphatic heterocycles. The molecule has 0 N–H and O–H groups in total. The van der Waals surface area contributed by atoms with E-state index >= 15 is 0 Å². The van der Waals surface area contributed by atoms with Gasteiger partial charge in [-0.15, -0.1) is 0 Å². The molecule has 1 unspecified atom stereocenters. The van der Waals surface area contributed by atoms with Crippen LogP contribution < -0.4 is 0 Å². The lowest BCUT2D eigenvalue weighted by Crippen LogP contribution is -1.90. The highest BCUT2D eigenvalue weighted by molar-refractivity contribution is 4.78. The van der Waals surface area contributed by atoms with E-state index in [4.69, 9.17) is 10.8 Å². The molecule has 0 aliphatic carbocycles. The van der Waals surface area contributed by atoms with E-state index in [0.717, 1.165) is 12.8 Å². The molecular formula is C6H10N4. The van der Waals surface area contributed by atoms with E-state index in [1.54, 1.807) is 0 Å². The zero-order chi connectivity index (χ0) is 7.82. The van der Waals surface area contributed by atoms with Crippen molar-refractivity contribution in [3.05, 3.63) is 10.4 Å². The summed E-state index contributed by atoms with van der Waals surface area (Å²) in [4.78, 5) is 2.60. The van der Waals surface area contributed by atoms with Crippen LogP contribution >= 0.6 is 0 Å². The Bertz CT molecular complexity index is 163. The van der Waals surface area contributed by atoms with Crippen molar-refractivity contribution in [2.75, 3.05) is 6.54 Å². The van der Waals surface area contributed by atoms with Crippen molar-refractivity contribution >= 4 is 0 Å². The van der Waals surface area contributed by atoms with Crippen molar-refractivity contribution in [2.24, 2.45) is 11.0 Å². The van der Waals surface area contributed by atoms with Gasteiger partial charge in [-0.1, -0.05) is 5.11 Å². The Morgan fingerprint density at radius 2 is 2.50 bits per heavy atom. The number of nitrogens with zero attached hydrogens (tertiary/aromatic N) is 4. The summed E-state index contributed by atoms with van der Waals surface area (Å²) in [5.74, 6) is 0.0777. The van der Waals surface area contributed by atoms with Crippen LogP contribution in [0.1, 0.15) is 19.8 Å². The molecule has 0 aromatic heterocycles. The highest BCUT2D eigenvalue weighted by atomic mass is 15.1. The Hall–Kier alpha value is -1.20. The fraction of sp³-hybridized carbons (Fsp3) is 0.833.